The highest BCUT2D eigenvalue weighted by molar-refractivity contribution is 6.32. The van der Waals surface area contributed by atoms with Crippen LogP contribution < -0.4 is 4.74 Å². The smallest absolute Gasteiger partial charge is 0.413 e. The van der Waals surface area contributed by atoms with E-state index in [1.807, 2.05) is 6.92 Å². The fourth-order valence-electron chi connectivity index (χ4n) is 2.08. The Labute approximate surface area is 125 Å². The minimum absolute atomic E-state index is 0.223. The van der Waals surface area contributed by atoms with Crippen molar-refractivity contribution in [2.45, 2.75) is 37.4 Å². The summed E-state index contributed by atoms with van der Waals surface area (Å²) in [4.78, 5) is 0. The van der Waals surface area contributed by atoms with Crippen molar-refractivity contribution in [3.8, 4) is 5.75 Å². The van der Waals surface area contributed by atoms with Crippen molar-refractivity contribution in [3.05, 3.63) is 40.4 Å². The van der Waals surface area contributed by atoms with Gasteiger partial charge in [-0.3, -0.25) is 0 Å². The van der Waals surface area contributed by atoms with Gasteiger partial charge in [0.1, 0.15) is 11.9 Å². The fraction of sp³-hybridized carbons (Fsp3) is 0.429. The molecule has 0 aliphatic heterocycles. The van der Waals surface area contributed by atoms with Crippen LogP contribution in [0.25, 0.3) is 0 Å². The molecule has 110 valence electrons. The Balaban J connectivity index is 2.19. The highest BCUT2D eigenvalue weighted by atomic mass is 35.5. The second-order valence-electron chi connectivity index (χ2n) is 4.75. The van der Waals surface area contributed by atoms with Crippen molar-refractivity contribution in [1.82, 2.24) is 0 Å². The molecule has 1 aromatic carbocycles. The zero-order chi connectivity index (χ0) is 14.9. The Morgan fingerprint density at radius 1 is 1.25 bits per heavy atom. The predicted octanol–water partition coefficient (Wildman–Crippen LogP) is 5.29. The van der Waals surface area contributed by atoms with Crippen LogP contribution in [-0.4, -0.2) is 17.7 Å². The van der Waals surface area contributed by atoms with Gasteiger partial charge in [0.2, 0.25) is 0 Å². The standard InChI is InChI=1S/C14H13Cl2F3O/c1-8-2-5-13(12(16)6-8)20-9-3-4-11(15)10(7-9)14(17,18)19/h2,5-7,9,11H,3-4H2,1H3. The average Bonchev–Trinajstić information content (AvgIpc) is 2.33. The molecule has 0 saturated heterocycles. The molecule has 2 rings (SSSR count). The first-order valence-electron chi connectivity index (χ1n) is 6.13. The van der Waals surface area contributed by atoms with Gasteiger partial charge in [-0.15, -0.1) is 11.6 Å². The van der Waals surface area contributed by atoms with E-state index in [9.17, 15) is 13.2 Å². The first kappa shape index (κ1) is 15.5. The minimum atomic E-state index is -4.43. The van der Waals surface area contributed by atoms with E-state index in [0.29, 0.717) is 17.2 Å². The summed E-state index contributed by atoms with van der Waals surface area (Å²) in [6.07, 6.45) is -3.39. The maximum atomic E-state index is 12.8. The lowest BCUT2D eigenvalue weighted by Gasteiger charge is -2.27. The van der Waals surface area contributed by atoms with Crippen LogP contribution in [-0.2, 0) is 0 Å². The molecule has 1 aliphatic carbocycles. The lowest BCUT2D eigenvalue weighted by molar-refractivity contribution is -0.0956. The van der Waals surface area contributed by atoms with Gasteiger partial charge in [-0.05, 0) is 43.5 Å². The molecule has 20 heavy (non-hydrogen) atoms. The molecule has 2 atom stereocenters. The van der Waals surface area contributed by atoms with Crippen LogP contribution in [0.5, 0.6) is 5.75 Å². The van der Waals surface area contributed by atoms with Crippen LogP contribution in [0.3, 0.4) is 0 Å². The predicted molar refractivity (Wildman–Crippen MR) is 73.6 cm³/mol. The van der Waals surface area contributed by atoms with E-state index in [1.165, 1.54) is 0 Å². The number of rotatable bonds is 2. The number of alkyl halides is 4. The normalized spacial score (nSPS) is 23.4. The van der Waals surface area contributed by atoms with Crippen molar-refractivity contribution < 1.29 is 17.9 Å². The van der Waals surface area contributed by atoms with Crippen LogP contribution in [0.15, 0.2) is 29.8 Å². The van der Waals surface area contributed by atoms with E-state index in [-0.39, 0.29) is 6.42 Å². The number of ether oxygens (including phenoxy) is 1. The monoisotopic (exact) mass is 324 g/mol. The average molecular weight is 325 g/mol. The molecule has 6 heteroatoms. The maximum absolute atomic E-state index is 12.8. The summed E-state index contributed by atoms with van der Waals surface area (Å²) in [5, 5.41) is -0.622. The van der Waals surface area contributed by atoms with Crippen molar-refractivity contribution in [1.29, 1.82) is 0 Å². The highest BCUT2D eigenvalue weighted by Gasteiger charge is 2.40. The second kappa shape index (κ2) is 5.86. The maximum Gasteiger partial charge on any atom is 0.413 e. The molecular formula is C14H13Cl2F3O. The summed E-state index contributed by atoms with van der Waals surface area (Å²) in [7, 11) is 0. The molecule has 0 saturated carbocycles. The van der Waals surface area contributed by atoms with Gasteiger partial charge in [0.05, 0.1) is 16.0 Å². The van der Waals surface area contributed by atoms with Crippen molar-refractivity contribution in [2.24, 2.45) is 0 Å². The summed E-state index contributed by atoms with van der Waals surface area (Å²) in [5.41, 5.74) is 0.219. The molecule has 0 bridgehead atoms. The van der Waals surface area contributed by atoms with E-state index in [2.05, 4.69) is 0 Å². The molecule has 2 unspecified atom stereocenters. The van der Waals surface area contributed by atoms with Crippen molar-refractivity contribution >= 4 is 23.2 Å². The first-order chi connectivity index (χ1) is 9.27. The van der Waals surface area contributed by atoms with E-state index >= 15 is 0 Å². The van der Waals surface area contributed by atoms with Crippen LogP contribution in [0.2, 0.25) is 5.02 Å². The Morgan fingerprint density at radius 2 is 1.95 bits per heavy atom. The molecule has 0 fully saturated rings. The molecule has 0 aromatic heterocycles. The molecule has 1 aliphatic rings. The SMILES string of the molecule is Cc1ccc(OC2C=C(C(F)(F)F)C(Cl)CC2)c(Cl)c1. The second-order valence-corrected chi connectivity index (χ2v) is 5.69. The van der Waals surface area contributed by atoms with E-state index in [1.54, 1.807) is 18.2 Å². The summed E-state index contributed by atoms with van der Waals surface area (Å²) in [6, 6.07) is 5.16. The van der Waals surface area contributed by atoms with E-state index < -0.39 is 23.2 Å². The number of hydrogen-bond acceptors (Lipinski definition) is 1. The number of hydrogen-bond donors (Lipinski definition) is 0. The molecule has 0 amide bonds. The molecule has 1 nitrogen and oxygen atoms in total. The van der Waals surface area contributed by atoms with Gasteiger partial charge in [-0.25, -0.2) is 0 Å². The Hall–Kier alpha value is -0.870. The summed E-state index contributed by atoms with van der Waals surface area (Å²) < 4.78 is 44.0. The van der Waals surface area contributed by atoms with Gasteiger partial charge in [0.25, 0.3) is 0 Å². The quantitative estimate of drug-likeness (QED) is 0.530. The lowest BCUT2D eigenvalue weighted by atomic mass is 9.96. The van der Waals surface area contributed by atoms with Crippen LogP contribution in [0.4, 0.5) is 13.2 Å². The van der Waals surface area contributed by atoms with Gasteiger partial charge >= 0.3 is 6.18 Å². The third-order valence-corrected chi connectivity index (χ3v) is 3.85. The molecule has 0 N–H and O–H groups in total. The molecular weight excluding hydrogens is 312 g/mol. The topological polar surface area (TPSA) is 9.23 Å². The highest BCUT2D eigenvalue weighted by Crippen LogP contribution is 2.37. The van der Waals surface area contributed by atoms with Crippen LogP contribution >= 0.6 is 23.2 Å². The minimum Gasteiger partial charge on any atom is -0.485 e. The van der Waals surface area contributed by atoms with Crippen LogP contribution in [0.1, 0.15) is 18.4 Å². The number of benzene rings is 1. The molecule has 0 spiro atoms. The number of halogens is 5. The van der Waals surface area contributed by atoms with Crippen molar-refractivity contribution in [3.63, 3.8) is 0 Å². The zero-order valence-electron chi connectivity index (χ0n) is 10.7. The summed E-state index contributed by atoms with van der Waals surface area (Å²) in [5.74, 6) is 0.382. The van der Waals surface area contributed by atoms with E-state index in [0.717, 1.165) is 11.6 Å². The summed E-state index contributed by atoms with van der Waals surface area (Å²) in [6.45, 7) is 1.87. The van der Waals surface area contributed by atoms with Crippen molar-refractivity contribution in [2.75, 3.05) is 0 Å². The molecule has 0 radical (unpaired) electrons. The van der Waals surface area contributed by atoms with Gasteiger partial charge in [0, 0.05) is 0 Å². The molecule has 0 heterocycles. The summed E-state index contributed by atoms with van der Waals surface area (Å²) >= 11 is 11.7. The molecule has 1 aromatic rings. The van der Waals surface area contributed by atoms with Gasteiger partial charge in [-0.1, -0.05) is 17.7 Å². The third kappa shape index (κ3) is 3.61. The third-order valence-electron chi connectivity index (χ3n) is 3.10. The Bertz CT molecular complexity index is 526. The van der Waals surface area contributed by atoms with Crippen LogP contribution in [0, 0.1) is 6.92 Å². The first-order valence-corrected chi connectivity index (χ1v) is 6.94. The Kier molecular flexibility index (Phi) is 4.55. The number of aryl methyl sites for hydroxylation is 1. The lowest BCUT2D eigenvalue weighted by Crippen LogP contribution is -2.30. The van der Waals surface area contributed by atoms with Gasteiger partial charge in [-0.2, -0.15) is 13.2 Å². The fourth-order valence-corrected chi connectivity index (χ4v) is 2.69. The Morgan fingerprint density at radius 3 is 2.55 bits per heavy atom. The van der Waals surface area contributed by atoms with Gasteiger partial charge in [0.15, 0.2) is 0 Å². The van der Waals surface area contributed by atoms with E-state index in [4.69, 9.17) is 27.9 Å². The number of allylic oxidation sites excluding steroid dienone is 1. The largest absolute Gasteiger partial charge is 0.485 e. The zero-order valence-corrected chi connectivity index (χ0v) is 12.2. The van der Waals surface area contributed by atoms with Gasteiger partial charge < -0.3 is 4.74 Å².